The second-order valence-corrected chi connectivity index (χ2v) is 7.52. The lowest BCUT2D eigenvalue weighted by Crippen LogP contribution is -2.19. The molecule has 0 bridgehead atoms. The number of rotatable bonds is 4. The minimum absolute atomic E-state index is 0.149. The number of carbonyl (C=O) groups is 1. The summed E-state index contributed by atoms with van der Waals surface area (Å²) in [6, 6.07) is 1.99. The first-order valence-corrected chi connectivity index (χ1v) is 8.14. The predicted molar refractivity (Wildman–Crippen MR) is 92.5 cm³/mol. The molecule has 1 aliphatic rings. The Labute approximate surface area is 139 Å². The largest absolute Gasteiger partial charge is 0.462 e. The highest BCUT2D eigenvalue weighted by Crippen LogP contribution is 2.36. The van der Waals surface area contributed by atoms with E-state index in [1.807, 2.05) is 33.0 Å². The van der Waals surface area contributed by atoms with Crippen molar-refractivity contribution in [1.29, 1.82) is 0 Å². The molecule has 1 aromatic heterocycles. The summed E-state index contributed by atoms with van der Waals surface area (Å²) >= 11 is 0. The van der Waals surface area contributed by atoms with Gasteiger partial charge in [0, 0.05) is 29.4 Å². The number of ether oxygens (including phenoxy) is 1. The molecule has 0 fully saturated rings. The number of carbonyl (C=O) groups excluding carboxylic acids is 1. The van der Waals surface area contributed by atoms with Crippen molar-refractivity contribution in [3.05, 3.63) is 23.5 Å². The number of hydrogen-bond acceptors (Lipinski definition) is 5. The lowest BCUT2D eigenvalue weighted by atomic mass is 9.88. The highest BCUT2D eigenvalue weighted by Gasteiger charge is 2.30. The van der Waals surface area contributed by atoms with Gasteiger partial charge in [0.05, 0.1) is 11.8 Å². The molecule has 1 atom stereocenters. The van der Waals surface area contributed by atoms with Crippen LogP contribution in [0.5, 0.6) is 0 Å². The van der Waals surface area contributed by atoms with Crippen LogP contribution in [0.1, 0.15) is 71.7 Å². The molecule has 5 heteroatoms. The Balaban J connectivity index is 0.000000322. The second-order valence-electron chi connectivity index (χ2n) is 7.52. The first kappa shape index (κ1) is 19.4. The zero-order chi connectivity index (χ0) is 17.7. The van der Waals surface area contributed by atoms with E-state index in [2.05, 4.69) is 35.8 Å². The molecule has 2 N–H and O–H groups in total. The van der Waals surface area contributed by atoms with Crippen LogP contribution >= 0.6 is 0 Å². The van der Waals surface area contributed by atoms with Crippen molar-refractivity contribution in [2.75, 3.05) is 11.9 Å². The van der Waals surface area contributed by atoms with Gasteiger partial charge in [-0.3, -0.25) is 9.78 Å². The summed E-state index contributed by atoms with van der Waals surface area (Å²) in [5.74, 6) is 0. The second kappa shape index (κ2) is 7.77. The van der Waals surface area contributed by atoms with Crippen molar-refractivity contribution in [2.45, 2.75) is 71.5 Å². The zero-order valence-corrected chi connectivity index (χ0v) is 15.1. The zero-order valence-electron chi connectivity index (χ0n) is 15.1. The van der Waals surface area contributed by atoms with Gasteiger partial charge in [0.1, 0.15) is 5.60 Å². The number of hydrogen-bond donors (Lipinski definition) is 2. The third-order valence-corrected chi connectivity index (χ3v) is 3.68. The average molecular weight is 322 g/mol. The molecule has 2 heterocycles. The Morgan fingerprint density at radius 1 is 1.48 bits per heavy atom. The maximum absolute atomic E-state index is 9.89. The van der Waals surface area contributed by atoms with E-state index in [0.717, 1.165) is 30.8 Å². The first-order valence-electron chi connectivity index (χ1n) is 8.14. The molecule has 0 saturated carbocycles. The fourth-order valence-corrected chi connectivity index (χ4v) is 2.32. The van der Waals surface area contributed by atoms with Crippen LogP contribution in [-0.4, -0.2) is 28.7 Å². The van der Waals surface area contributed by atoms with Crippen molar-refractivity contribution in [2.24, 2.45) is 0 Å². The van der Waals surface area contributed by atoms with Crippen molar-refractivity contribution in [3.8, 4) is 0 Å². The number of anilines is 1. The normalized spacial score (nSPS) is 16.5. The highest BCUT2D eigenvalue weighted by atomic mass is 16.5. The smallest absolute Gasteiger partial charge is 0.293 e. The van der Waals surface area contributed by atoms with Crippen LogP contribution in [0.3, 0.4) is 0 Å². The van der Waals surface area contributed by atoms with Crippen LogP contribution in [0.4, 0.5) is 5.69 Å². The monoisotopic (exact) mass is 322 g/mol. The fraction of sp³-hybridized carbons (Fsp3) is 0.667. The van der Waals surface area contributed by atoms with Gasteiger partial charge in [-0.2, -0.15) is 0 Å². The molecule has 1 unspecified atom stereocenters. The molecule has 0 saturated heterocycles. The van der Waals surface area contributed by atoms with E-state index in [1.54, 1.807) is 0 Å². The topological polar surface area (TPSA) is 71.5 Å². The quantitative estimate of drug-likeness (QED) is 0.829. The van der Waals surface area contributed by atoms with Crippen LogP contribution in [0.25, 0.3) is 0 Å². The number of aliphatic hydroxyl groups is 1. The van der Waals surface area contributed by atoms with Crippen LogP contribution in [0.2, 0.25) is 0 Å². The minimum atomic E-state index is -0.430. The van der Waals surface area contributed by atoms with E-state index in [9.17, 15) is 9.90 Å². The lowest BCUT2D eigenvalue weighted by molar-refractivity contribution is -0.138. The lowest BCUT2D eigenvalue weighted by Gasteiger charge is -2.17. The number of nitrogens with zero attached hydrogens (tertiary/aromatic N) is 1. The molecule has 0 aliphatic carbocycles. The van der Waals surface area contributed by atoms with Crippen molar-refractivity contribution in [3.63, 3.8) is 0 Å². The summed E-state index contributed by atoms with van der Waals surface area (Å²) in [6.45, 7) is 13.3. The van der Waals surface area contributed by atoms with Gasteiger partial charge >= 0.3 is 0 Å². The van der Waals surface area contributed by atoms with Crippen molar-refractivity contribution < 1.29 is 14.6 Å². The molecule has 0 amide bonds. The SMILES string of the molecule is CC(C)(C)OC=O.CCCC(O)c1cc2c(cn1)C(C)(C)CN2. The van der Waals surface area contributed by atoms with Crippen molar-refractivity contribution >= 4 is 12.2 Å². The average Bonchev–Trinajstić information content (AvgIpc) is 2.74. The van der Waals surface area contributed by atoms with E-state index in [1.165, 1.54) is 5.56 Å². The third kappa shape index (κ3) is 5.82. The van der Waals surface area contributed by atoms with Gasteiger partial charge < -0.3 is 15.2 Å². The predicted octanol–water partition coefficient (Wildman–Crippen LogP) is 3.58. The molecular weight excluding hydrogens is 292 g/mol. The maximum atomic E-state index is 9.89. The fourth-order valence-electron chi connectivity index (χ4n) is 2.32. The van der Waals surface area contributed by atoms with Gasteiger partial charge in [0.25, 0.3) is 6.47 Å². The highest BCUT2D eigenvalue weighted by molar-refractivity contribution is 5.59. The number of aliphatic hydroxyl groups excluding tert-OH is 1. The summed E-state index contributed by atoms with van der Waals surface area (Å²) in [4.78, 5) is 14.0. The Bertz CT molecular complexity index is 521. The Morgan fingerprint density at radius 3 is 2.61 bits per heavy atom. The number of fused-ring (bicyclic) bond motifs is 1. The summed E-state index contributed by atoms with van der Waals surface area (Å²) in [5, 5.41) is 13.3. The van der Waals surface area contributed by atoms with Gasteiger partial charge in [0.2, 0.25) is 0 Å². The van der Waals surface area contributed by atoms with E-state index >= 15 is 0 Å². The van der Waals surface area contributed by atoms with Crippen molar-refractivity contribution in [1.82, 2.24) is 4.98 Å². The third-order valence-electron chi connectivity index (χ3n) is 3.68. The number of pyridine rings is 1. The Hall–Kier alpha value is -1.62. The van der Waals surface area contributed by atoms with Gasteiger partial charge in [-0.05, 0) is 33.3 Å². The van der Waals surface area contributed by atoms with Crippen LogP contribution in [0.15, 0.2) is 12.3 Å². The minimum Gasteiger partial charge on any atom is -0.462 e. The van der Waals surface area contributed by atoms with E-state index in [4.69, 9.17) is 0 Å². The Morgan fingerprint density at radius 2 is 2.13 bits per heavy atom. The molecule has 1 aliphatic heterocycles. The first-order chi connectivity index (χ1) is 10.6. The number of nitrogens with one attached hydrogen (secondary N) is 1. The number of aromatic nitrogens is 1. The van der Waals surface area contributed by atoms with Crippen LogP contribution in [0, 0.1) is 0 Å². The summed E-state index contributed by atoms with van der Waals surface area (Å²) in [5.41, 5.74) is 2.99. The van der Waals surface area contributed by atoms with Crippen LogP contribution in [-0.2, 0) is 14.9 Å². The van der Waals surface area contributed by atoms with E-state index in [-0.39, 0.29) is 11.0 Å². The van der Waals surface area contributed by atoms with Crippen LogP contribution < -0.4 is 5.32 Å². The van der Waals surface area contributed by atoms with Gasteiger partial charge in [-0.25, -0.2) is 0 Å². The Kier molecular flexibility index (Phi) is 6.57. The molecule has 1 aromatic rings. The summed E-state index contributed by atoms with van der Waals surface area (Å²) in [7, 11) is 0. The summed E-state index contributed by atoms with van der Waals surface area (Å²) < 4.78 is 4.55. The van der Waals surface area contributed by atoms with E-state index in [0.29, 0.717) is 6.47 Å². The molecule has 0 radical (unpaired) electrons. The van der Waals surface area contributed by atoms with Gasteiger partial charge in [0.15, 0.2) is 0 Å². The molecule has 5 nitrogen and oxygen atoms in total. The standard InChI is InChI=1S/C13H20N2O.C5H10O2/c1-4-5-12(16)11-6-10-9(7-14-11)13(2,3)8-15-10;1-5(2,3)7-4-6/h6-7,12,15-16H,4-5,8H2,1-3H3;4H,1-3H3. The molecule has 0 spiro atoms. The molecule has 0 aromatic carbocycles. The summed E-state index contributed by atoms with van der Waals surface area (Å²) in [6.07, 6.45) is 3.22. The molecular formula is C18H30N2O3. The maximum Gasteiger partial charge on any atom is 0.293 e. The van der Waals surface area contributed by atoms with Gasteiger partial charge in [-0.1, -0.05) is 27.2 Å². The molecule has 23 heavy (non-hydrogen) atoms. The van der Waals surface area contributed by atoms with E-state index < -0.39 is 6.10 Å². The molecule has 130 valence electrons. The van der Waals surface area contributed by atoms with Gasteiger partial charge in [-0.15, -0.1) is 0 Å². The molecule has 2 rings (SSSR count).